The lowest BCUT2D eigenvalue weighted by Gasteiger charge is -2.41. The predicted octanol–water partition coefficient (Wildman–Crippen LogP) is 2.84. The van der Waals surface area contributed by atoms with E-state index in [1.807, 2.05) is 18.3 Å². The lowest BCUT2D eigenvalue weighted by molar-refractivity contribution is 0.224. The fourth-order valence-electron chi connectivity index (χ4n) is 3.72. The van der Waals surface area contributed by atoms with E-state index in [0.29, 0.717) is 0 Å². The summed E-state index contributed by atoms with van der Waals surface area (Å²) < 4.78 is 0. The number of benzene rings is 1. The Hall–Kier alpha value is -2.34. The van der Waals surface area contributed by atoms with Gasteiger partial charge in [0, 0.05) is 30.8 Å². The number of hydrogen-bond donors (Lipinski definition) is 0. The third kappa shape index (κ3) is 1.21. The Kier molecular flexibility index (Phi) is 2.07. The quantitative estimate of drug-likeness (QED) is 0.720. The largest absolute Gasteiger partial charge is 0.364 e. The molecule has 0 amide bonds. The van der Waals surface area contributed by atoms with E-state index in [4.69, 9.17) is 5.26 Å². The molecule has 0 aliphatic carbocycles. The Morgan fingerprint density at radius 2 is 2.25 bits per heavy atom. The third-order valence-electron chi connectivity index (χ3n) is 4.90. The summed E-state index contributed by atoms with van der Waals surface area (Å²) in [5.74, 6) is 0. The Bertz CT molecular complexity index is 761. The molecule has 4 rings (SSSR count). The number of dihydropyridines is 1. The molecule has 0 saturated carbocycles. The van der Waals surface area contributed by atoms with Crippen LogP contribution >= 0.6 is 0 Å². The molecule has 3 heteroatoms. The van der Waals surface area contributed by atoms with Crippen molar-refractivity contribution in [3.8, 4) is 6.07 Å². The Morgan fingerprint density at radius 3 is 3.05 bits per heavy atom. The van der Waals surface area contributed by atoms with Crippen molar-refractivity contribution in [2.24, 2.45) is 4.99 Å². The highest BCUT2D eigenvalue weighted by molar-refractivity contribution is 5.86. The van der Waals surface area contributed by atoms with Crippen molar-refractivity contribution >= 4 is 11.9 Å². The molecule has 1 unspecified atom stereocenters. The van der Waals surface area contributed by atoms with E-state index < -0.39 is 0 Å². The van der Waals surface area contributed by atoms with E-state index in [0.717, 1.165) is 18.5 Å². The van der Waals surface area contributed by atoms with Gasteiger partial charge in [0.2, 0.25) is 0 Å². The van der Waals surface area contributed by atoms with Crippen molar-refractivity contribution in [3.63, 3.8) is 0 Å². The smallest absolute Gasteiger partial charge is 0.0991 e. The van der Waals surface area contributed by atoms with Crippen LogP contribution in [0, 0.1) is 11.3 Å². The molecule has 20 heavy (non-hydrogen) atoms. The summed E-state index contributed by atoms with van der Waals surface area (Å²) in [5.41, 5.74) is 7.24. The lowest BCUT2D eigenvalue weighted by Crippen LogP contribution is -2.39. The summed E-state index contributed by atoms with van der Waals surface area (Å²) in [6.07, 6.45) is 5.06. The molecule has 3 nitrogen and oxygen atoms in total. The molecule has 1 atom stereocenters. The number of aliphatic imine (C=N–C) groups is 1. The highest BCUT2D eigenvalue weighted by Gasteiger charge is 2.47. The van der Waals surface area contributed by atoms with E-state index in [1.54, 1.807) is 0 Å². The van der Waals surface area contributed by atoms with Gasteiger partial charge in [-0.25, -0.2) is 0 Å². The minimum absolute atomic E-state index is 0.000828. The molecule has 0 N–H and O–H groups in total. The van der Waals surface area contributed by atoms with Gasteiger partial charge >= 0.3 is 0 Å². The van der Waals surface area contributed by atoms with Gasteiger partial charge in [0.05, 0.1) is 29.4 Å². The minimum atomic E-state index is -0.000828. The molecule has 0 spiro atoms. The lowest BCUT2D eigenvalue weighted by atomic mass is 9.82. The first-order chi connectivity index (χ1) is 9.65. The number of allylic oxidation sites excluding steroid dienone is 1. The van der Waals surface area contributed by atoms with E-state index >= 15 is 0 Å². The van der Waals surface area contributed by atoms with Crippen LogP contribution in [0.25, 0.3) is 5.70 Å². The molecule has 0 saturated heterocycles. The van der Waals surface area contributed by atoms with E-state index in [1.165, 1.54) is 28.0 Å². The summed E-state index contributed by atoms with van der Waals surface area (Å²) in [6, 6.07) is 8.33. The first-order valence-corrected chi connectivity index (χ1v) is 6.86. The van der Waals surface area contributed by atoms with Crippen LogP contribution in [0.15, 0.2) is 40.4 Å². The van der Waals surface area contributed by atoms with Gasteiger partial charge in [0.1, 0.15) is 0 Å². The van der Waals surface area contributed by atoms with Gasteiger partial charge in [-0.2, -0.15) is 5.26 Å². The first-order valence-electron chi connectivity index (χ1n) is 6.86. The number of nitrogens with zero attached hydrogens (tertiary/aromatic N) is 3. The highest BCUT2D eigenvalue weighted by atomic mass is 15.2. The number of hydrogen-bond acceptors (Lipinski definition) is 3. The molecular formula is C17H15N3. The topological polar surface area (TPSA) is 39.4 Å². The predicted molar refractivity (Wildman–Crippen MR) is 79.3 cm³/mol. The molecular weight excluding hydrogens is 246 g/mol. The molecule has 2 bridgehead atoms. The standard InChI is InChI=1S/C17H15N3/c1-17-8-12-5-6-19-10-14(12)16(20(17)2)13-7-11(9-18)3-4-15(13)17/h3-7H,8,10H2,1-2H3. The second-order valence-corrected chi connectivity index (χ2v) is 5.89. The molecule has 0 radical (unpaired) electrons. The maximum absolute atomic E-state index is 9.16. The average Bonchev–Trinajstić information content (AvgIpc) is 2.61. The van der Waals surface area contributed by atoms with Crippen molar-refractivity contribution in [2.75, 3.05) is 13.6 Å². The van der Waals surface area contributed by atoms with Gasteiger partial charge in [0.15, 0.2) is 0 Å². The first kappa shape index (κ1) is 11.5. The van der Waals surface area contributed by atoms with Gasteiger partial charge in [-0.05, 0) is 36.3 Å². The van der Waals surface area contributed by atoms with Crippen molar-refractivity contribution in [3.05, 3.63) is 52.1 Å². The van der Waals surface area contributed by atoms with Crippen LogP contribution in [0.1, 0.15) is 30.0 Å². The second-order valence-electron chi connectivity index (χ2n) is 5.89. The van der Waals surface area contributed by atoms with Crippen LogP contribution in [0.3, 0.4) is 0 Å². The van der Waals surface area contributed by atoms with Gasteiger partial charge < -0.3 is 4.90 Å². The average molecular weight is 261 g/mol. The summed E-state index contributed by atoms with van der Waals surface area (Å²) >= 11 is 0. The monoisotopic (exact) mass is 261 g/mol. The molecule has 3 heterocycles. The van der Waals surface area contributed by atoms with Crippen LogP contribution in [-0.2, 0) is 5.54 Å². The van der Waals surface area contributed by atoms with Crippen LogP contribution in [0.2, 0.25) is 0 Å². The highest BCUT2D eigenvalue weighted by Crippen LogP contribution is 2.54. The number of fused-ring (bicyclic) bond motifs is 6. The van der Waals surface area contributed by atoms with Crippen LogP contribution in [0.5, 0.6) is 0 Å². The van der Waals surface area contributed by atoms with E-state index in [2.05, 4.69) is 42.1 Å². The summed E-state index contributed by atoms with van der Waals surface area (Å²) in [6.45, 7) is 3.03. The van der Waals surface area contributed by atoms with Gasteiger partial charge in [-0.3, -0.25) is 4.99 Å². The minimum Gasteiger partial charge on any atom is -0.364 e. The van der Waals surface area contributed by atoms with Crippen molar-refractivity contribution in [1.29, 1.82) is 5.26 Å². The second kappa shape index (κ2) is 3.61. The van der Waals surface area contributed by atoms with Crippen molar-refractivity contribution in [1.82, 2.24) is 4.90 Å². The van der Waals surface area contributed by atoms with Crippen LogP contribution in [-0.4, -0.2) is 24.7 Å². The molecule has 1 aromatic rings. The Morgan fingerprint density at radius 1 is 1.40 bits per heavy atom. The van der Waals surface area contributed by atoms with Gasteiger partial charge in [0.25, 0.3) is 0 Å². The number of nitriles is 1. The normalized spacial score (nSPS) is 26.1. The third-order valence-corrected chi connectivity index (χ3v) is 4.90. The fraction of sp³-hybridized carbons (Fsp3) is 0.294. The fourth-order valence-corrected chi connectivity index (χ4v) is 3.72. The van der Waals surface area contributed by atoms with E-state index in [9.17, 15) is 0 Å². The summed E-state index contributed by atoms with van der Waals surface area (Å²) in [4.78, 5) is 6.77. The Balaban J connectivity index is 2.06. The van der Waals surface area contributed by atoms with Crippen molar-refractivity contribution < 1.29 is 0 Å². The molecule has 1 aromatic carbocycles. The Labute approximate surface area is 118 Å². The maximum Gasteiger partial charge on any atom is 0.0991 e. The van der Waals surface area contributed by atoms with E-state index in [-0.39, 0.29) is 5.54 Å². The zero-order chi connectivity index (χ0) is 13.9. The molecule has 0 fully saturated rings. The van der Waals surface area contributed by atoms with Crippen LogP contribution < -0.4 is 0 Å². The molecule has 3 aliphatic rings. The summed E-state index contributed by atoms with van der Waals surface area (Å²) in [7, 11) is 2.16. The summed E-state index contributed by atoms with van der Waals surface area (Å²) in [5, 5.41) is 9.16. The van der Waals surface area contributed by atoms with Crippen LogP contribution in [0.4, 0.5) is 0 Å². The zero-order valence-electron chi connectivity index (χ0n) is 11.6. The zero-order valence-corrected chi connectivity index (χ0v) is 11.6. The van der Waals surface area contributed by atoms with Gasteiger partial charge in [-0.15, -0.1) is 0 Å². The molecule has 0 aromatic heterocycles. The van der Waals surface area contributed by atoms with Crippen molar-refractivity contribution in [2.45, 2.75) is 18.9 Å². The molecule has 98 valence electrons. The molecule has 3 aliphatic heterocycles. The maximum atomic E-state index is 9.16. The van der Waals surface area contributed by atoms with Gasteiger partial charge in [-0.1, -0.05) is 6.07 Å². The number of rotatable bonds is 0. The SMILES string of the molecule is CN1C2=C3CN=CC=C3CC1(C)c1ccc(C#N)cc12.